The van der Waals surface area contributed by atoms with E-state index in [1.807, 2.05) is 10.5 Å². The van der Waals surface area contributed by atoms with Crippen molar-refractivity contribution in [2.24, 2.45) is 0 Å². The van der Waals surface area contributed by atoms with Gasteiger partial charge in [0.1, 0.15) is 11.6 Å². The lowest BCUT2D eigenvalue weighted by molar-refractivity contribution is -0.118. The van der Waals surface area contributed by atoms with Crippen LogP contribution in [-0.2, 0) is 17.6 Å². The highest BCUT2D eigenvalue weighted by molar-refractivity contribution is 5.83. The van der Waals surface area contributed by atoms with Gasteiger partial charge in [-0.2, -0.15) is 0 Å². The van der Waals surface area contributed by atoms with Crippen LogP contribution >= 0.6 is 0 Å². The summed E-state index contributed by atoms with van der Waals surface area (Å²) in [6.45, 7) is 0. The van der Waals surface area contributed by atoms with Crippen molar-refractivity contribution in [3.8, 4) is 0 Å². The summed E-state index contributed by atoms with van der Waals surface area (Å²) >= 11 is 0. The highest BCUT2D eigenvalue weighted by Crippen LogP contribution is 2.23. The molecule has 1 aliphatic carbocycles. The van der Waals surface area contributed by atoms with Gasteiger partial charge in [0.05, 0.1) is 0 Å². The molecular formula is C12H10FNO. The first kappa shape index (κ1) is 8.65. The van der Waals surface area contributed by atoms with Gasteiger partial charge in [0.25, 0.3) is 0 Å². The van der Waals surface area contributed by atoms with Gasteiger partial charge >= 0.3 is 0 Å². The Kier molecular flexibility index (Phi) is 1.69. The van der Waals surface area contributed by atoms with Crippen molar-refractivity contribution in [1.29, 1.82) is 0 Å². The lowest BCUT2D eigenvalue weighted by atomic mass is 9.97. The first-order valence-electron chi connectivity index (χ1n) is 5.04. The number of carbonyl (C=O) groups excluding carboxylic acids is 1. The summed E-state index contributed by atoms with van der Waals surface area (Å²) in [4.78, 5) is 11.3. The Hall–Kier alpha value is -1.64. The summed E-state index contributed by atoms with van der Waals surface area (Å²) < 4.78 is 14.9. The molecule has 3 rings (SSSR count). The number of pyridine rings is 1. The van der Waals surface area contributed by atoms with Crippen molar-refractivity contribution in [3.63, 3.8) is 0 Å². The molecule has 2 aromatic heterocycles. The molecule has 2 nitrogen and oxygen atoms in total. The number of hydrogen-bond donors (Lipinski definition) is 0. The Morgan fingerprint density at radius 2 is 2.13 bits per heavy atom. The third-order valence-electron chi connectivity index (χ3n) is 2.97. The monoisotopic (exact) mass is 203 g/mol. The second-order valence-electron chi connectivity index (χ2n) is 3.97. The summed E-state index contributed by atoms with van der Waals surface area (Å²) in [7, 11) is 0. The van der Waals surface area contributed by atoms with E-state index in [-0.39, 0.29) is 11.6 Å². The molecule has 2 aromatic rings. The SMILES string of the molecule is O=C1CCc2cc3cc(F)ccn3c2C1. The highest BCUT2D eigenvalue weighted by atomic mass is 19.1. The molecular weight excluding hydrogens is 193 g/mol. The minimum absolute atomic E-state index is 0.233. The number of fused-ring (bicyclic) bond motifs is 3. The predicted molar refractivity (Wildman–Crippen MR) is 54.4 cm³/mol. The van der Waals surface area contributed by atoms with E-state index in [2.05, 4.69) is 0 Å². The molecule has 0 saturated heterocycles. The fourth-order valence-electron chi connectivity index (χ4n) is 2.23. The quantitative estimate of drug-likeness (QED) is 0.642. The molecule has 0 aromatic carbocycles. The van der Waals surface area contributed by atoms with Crippen molar-refractivity contribution in [3.05, 3.63) is 41.5 Å². The van der Waals surface area contributed by atoms with Crippen molar-refractivity contribution < 1.29 is 9.18 Å². The van der Waals surface area contributed by atoms with E-state index in [1.165, 1.54) is 17.7 Å². The molecule has 0 amide bonds. The molecule has 0 fully saturated rings. The van der Waals surface area contributed by atoms with Gasteiger partial charge < -0.3 is 4.40 Å². The first-order chi connectivity index (χ1) is 7.24. The first-order valence-corrected chi connectivity index (χ1v) is 5.04. The third kappa shape index (κ3) is 1.27. The molecule has 0 unspecified atom stereocenters. The standard InChI is InChI=1S/C12H10FNO/c13-9-3-4-14-10(6-9)5-8-1-2-11(15)7-12(8)14/h3-6H,1-2,7H2. The number of Topliss-reactive ketones (excluding diaryl/α,β-unsaturated/α-hetero) is 1. The van der Waals surface area contributed by atoms with Crippen LogP contribution in [0, 0.1) is 5.82 Å². The summed E-state index contributed by atoms with van der Waals surface area (Å²) in [6.07, 6.45) is 3.58. The van der Waals surface area contributed by atoms with Gasteiger partial charge in [-0.3, -0.25) is 4.79 Å². The molecule has 0 atom stereocenters. The Balaban J connectivity index is 2.28. The summed E-state index contributed by atoms with van der Waals surface area (Å²) in [5.74, 6) is 0.0375. The molecule has 15 heavy (non-hydrogen) atoms. The van der Waals surface area contributed by atoms with Crippen molar-refractivity contribution in [2.45, 2.75) is 19.3 Å². The molecule has 0 saturated carbocycles. The molecule has 1 aliphatic rings. The molecule has 0 spiro atoms. The number of ketones is 1. The van der Waals surface area contributed by atoms with Crippen molar-refractivity contribution in [2.75, 3.05) is 0 Å². The number of halogens is 1. The lowest BCUT2D eigenvalue weighted by Crippen LogP contribution is -2.13. The van der Waals surface area contributed by atoms with Gasteiger partial charge in [0.2, 0.25) is 0 Å². The topological polar surface area (TPSA) is 21.5 Å². The maximum absolute atomic E-state index is 13.0. The highest BCUT2D eigenvalue weighted by Gasteiger charge is 2.19. The van der Waals surface area contributed by atoms with Gasteiger partial charge in [0, 0.05) is 30.2 Å². The average Bonchev–Trinajstić information content (AvgIpc) is 2.54. The van der Waals surface area contributed by atoms with E-state index in [4.69, 9.17) is 0 Å². The Morgan fingerprint density at radius 1 is 1.27 bits per heavy atom. The molecule has 0 N–H and O–H groups in total. The van der Waals surface area contributed by atoms with Crippen LogP contribution in [0.4, 0.5) is 4.39 Å². The normalized spacial score (nSPS) is 15.7. The van der Waals surface area contributed by atoms with Gasteiger partial charge in [-0.05, 0) is 30.2 Å². The number of hydrogen-bond acceptors (Lipinski definition) is 1. The Morgan fingerprint density at radius 3 is 3.00 bits per heavy atom. The van der Waals surface area contributed by atoms with Crippen LogP contribution in [0.2, 0.25) is 0 Å². The van der Waals surface area contributed by atoms with E-state index in [1.54, 1.807) is 6.20 Å². The van der Waals surface area contributed by atoms with E-state index in [9.17, 15) is 9.18 Å². The van der Waals surface area contributed by atoms with Gasteiger partial charge in [-0.25, -0.2) is 4.39 Å². The Labute approximate surface area is 86.3 Å². The van der Waals surface area contributed by atoms with Crippen LogP contribution in [0.1, 0.15) is 17.7 Å². The zero-order valence-corrected chi connectivity index (χ0v) is 8.16. The van der Waals surface area contributed by atoms with Gasteiger partial charge in [-0.1, -0.05) is 0 Å². The molecule has 0 aliphatic heterocycles. The second-order valence-corrected chi connectivity index (χ2v) is 3.97. The fraction of sp³-hybridized carbons (Fsp3) is 0.250. The second kappa shape index (κ2) is 2.92. The van der Waals surface area contributed by atoms with E-state index in [0.29, 0.717) is 12.8 Å². The molecule has 3 heteroatoms. The minimum Gasteiger partial charge on any atom is -0.320 e. The maximum atomic E-state index is 13.0. The molecule has 76 valence electrons. The summed E-state index contributed by atoms with van der Waals surface area (Å²) in [5.41, 5.74) is 3.05. The minimum atomic E-state index is -0.233. The molecule has 2 heterocycles. The number of aromatic nitrogens is 1. The van der Waals surface area contributed by atoms with Crippen LogP contribution in [0.15, 0.2) is 24.4 Å². The largest absolute Gasteiger partial charge is 0.320 e. The van der Waals surface area contributed by atoms with E-state index in [0.717, 1.165) is 17.6 Å². The predicted octanol–water partition coefficient (Wildman–Crippen LogP) is 2.14. The smallest absolute Gasteiger partial charge is 0.139 e. The summed E-state index contributed by atoms with van der Waals surface area (Å²) in [5, 5.41) is 0. The fourth-order valence-corrected chi connectivity index (χ4v) is 2.23. The average molecular weight is 203 g/mol. The number of nitrogens with zero attached hydrogens (tertiary/aromatic N) is 1. The van der Waals surface area contributed by atoms with Crippen LogP contribution in [0.25, 0.3) is 5.52 Å². The molecule has 0 radical (unpaired) electrons. The lowest BCUT2D eigenvalue weighted by Gasteiger charge is -2.10. The van der Waals surface area contributed by atoms with Crippen molar-refractivity contribution in [1.82, 2.24) is 4.40 Å². The van der Waals surface area contributed by atoms with Crippen LogP contribution in [-0.4, -0.2) is 10.2 Å². The van der Waals surface area contributed by atoms with Crippen molar-refractivity contribution >= 4 is 11.3 Å². The van der Waals surface area contributed by atoms with Crippen LogP contribution in [0.5, 0.6) is 0 Å². The van der Waals surface area contributed by atoms with E-state index >= 15 is 0 Å². The molecule has 0 bridgehead atoms. The zero-order valence-electron chi connectivity index (χ0n) is 8.16. The third-order valence-corrected chi connectivity index (χ3v) is 2.97. The van der Waals surface area contributed by atoms with Crippen LogP contribution < -0.4 is 0 Å². The summed E-state index contributed by atoms with van der Waals surface area (Å²) in [6, 6.07) is 4.90. The van der Waals surface area contributed by atoms with Crippen LogP contribution in [0.3, 0.4) is 0 Å². The number of rotatable bonds is 0. The number of aryl methyl sites for hydroxylation is 1. The van der Waals surface area contributed by atoms with Gasteiger partial charge in [-0.15, -0.1) is 0 Å². The Bertz CT molecular complexity index is 556. The van der Waals surface area contributed by atoms with E-state index < -0.39 is 0 Å². The van der Waals surface area contributed by atoms with Gasteiger partial charge in [0.15, 0.2) is 0 Å². The number of carbonyl (C=O) groups is 1. The maximum Gasteiger partial charge on any atom is 0.139 e. The zero-order chi connectivity index (χ0) is 10.4.